The Labute approximate surface area is 112 Å². The van der Waals surface area contributed by atoms with Gasteiger partial charge in [-0.1, -0.05) is 24.9 Å². The van der Waals surface area contributed by atoms with E-state index in [1.807, 2.05) is 0 Å². The van der Waals surface area contributed by atoms with Gasteiger partial charge in [0.15, 0.2) is 0 Å². The third-order valence-electron chi connectivity index (χ3n) is 2.30. The molecule has 1 rings (SSSR count). The summed E-state index contributed by atoms with van der Waals surface area (Å²) in [5, 5.41) is 3.00. The third kappa shape index (κ3) is 4.89. The number of unbranched alkanes of at least 4 members (excludes halogenated alkanes) is 1. The summed E-state index contributed by atoms with van der Waals surface area (Å²) in [4.78, 5) is 15.6. The van der Waals surface area contributed by atoms with Crippen LogP contribution in [-0.4, -0.2) is 30.6 Å². The van der Waals surface area contributed by atoms with Gasteiger partial charge >= 0.3 is 0 Å². The van der Waals surface area contributed by atoms with Gasteiger partial charge in [-0.15, -0.1) is 0 Å². The summed E-state index contributed by atoms with van der Waals surface area (Å²) < 4.78 is 5.33. The van der Waals surface area contributed by atoms with Crippen molar-refractivity contribution in [3.05, 3.63) is 22.8 Å². The molecular weight excluding hydrogens is 254 g/mol. The van der Waals surface area contributed by atoms with E-state index >= 15 is 0 Å². The number of carbonyl (C=O) groups excluding carboxylic acids is 1. The first kappa shape index (κ1) is 14.7. The smallest absolute Gasteiger partial charge is 0.253 e. The van der Waals surface area contributed by atoms with Gasteiger partial charge in [0.25, 0.3) is 5.91 Å². The molecule has 1 heterocycles. The van der Waals surface area contributed by atoms with Crippen LogP contribution in [-0.2, 0) is 4.74 Å². The van der Waals surface area contributed by atoms with Crippen LogP contribution in [0.5, 0.6) is 0 Å². The van der Waals surface area contributed by atoms with Crippen LogP contribution in [0, 0.1) is 0 Å². The largest absolute Gasteiger partial charge is 0.384 e. The van der Waals surface area contributed by atoms with E-state index in [-0.39, 0.29) is 16.7 Å². The highest BCUT2D eigenvalue weighted by molar-refractivity contribution is 6.33. The number of anilines is 1. The van der Waals surface area contributed by atoms with Crippen molar-refractivity contribution in [2.45, 2.75) is 19.8 Å². The summed E-state index contributed by atoms with van der Waals surface area (Å²) in [5.41, 5.74) is 5.83. The molecule has 0 aliphatic heterocycles. The fourth-order valence-electron chi connectivity index (χ4n) is 1.31. The number of hydrogen-bond donors (Lipinski definition) is 2. The number of carbonyl (C=O) groups is 1. The summed E-state index contributed by atoms with van der Waals surface area (Å²) in [6, 6.07) is 1.45. The van der Waals surface area contributed by atoms with Crippen molar-refractivity contribution in [3.63, 3.8) is 0 Å². The van der Waals surface area contributed by atoms with Crippen LogP contribution in [0.4, 0.5) is 5.82 Å². The molecule has 1 amide bonds. The zero-order chi connectivity index (χ0) is 13.4. The van der Waals surface area contributed by atoms with E-state index in [4.69, 9.17) is 22.1 Å². The summed E-state index contributed by atoms with van der Waals surface area (Å²) in [7, 11) is 0. The highest BCUT2D eigenvalue weighted by Crippen LogP contribution is 2.16. The molecule has 6 heteroatoms. The zero-order valence-corrected chi connectivity index (χ0v) is 11.2. The minimum Gasteiger partial charge on any atom is -0.384 e. The molecule has 0 bridgehead atoms. The van der Waals surface area contributed by atoms with Crippen LogP contribution in [0.2, 0.25) is 5.02 Å². The summed E-state index contributed by atoms with van der Waals surface area (Å²) in [6.07, 6.45) is 3.49. The standard InChI is InChI=1S/C12H18ClN3O2/c1-2-3-5-18-6-4-15-12(17)9-7-11(14)16-8-10(9)13/h7-8H,2-6H2,1H3,(H2,14,16)(H,15,17). The maximum atomic E-state index is 11.8. The molecule has 3 N–H and O–H groups in total. The Morgan fingerprint density at radius 1 is 1.56 bits per heavy atom. The molecule has 0 aliphatic rings. The fourth-order valence-corrected chi connectivity index (χ4v) is 1.50. The van der Waals surface area contributed by atoms with Gasteiger partial charge in [-0.05, 0) is 12.5 Å². The summed E-state index contributed by atoms with van der Waals surface area (Å²) >= 11 is 5.86. The molecule has 1 aromatic heterocycles. The molecule has 0 aliphatic carbocycles. The highest BCUT2D eigenvalue weighted by Gasteiger charge is 2.10. The molecule has 0 saturated heterocycles. The number of ether oxygens (including phenoxy) is 1. The number of nitrogen functional groups attached to an aromatic ring is 1. The number of nitrogens with two attached hydrogens (primary N) is 1. The molecule has 0 aromatic carbocycles. The Kier molecular flexibility index (Phi) is 6.46. The predicted octanol–water partition coefficient (Wildman–Crippen LogP) is 1.86. The molecule has 1 aromatic rings. The fraction of sp³-hybridized carbons (Fsp3) is 0.500. The number of halogens is 1. The average molecular weight is 272 g/mol. The average Bonchev–Trinajstić information content (AvgIpc) is 2.36. The molecule has 0 fully saturated rings. The highest BCUT2D eigenvalue weighted by atomic mass is 35.5. The van der Waals surface area contributed by atoms with Crippen molar-refractivity contribution in [1.82, 2.24) is 10.3 Å². The Morgan fingerprint density at radius 2 is 2.33 bits per heavy atom. The number of nitrogens with zero attached hydrogens (tertiary/aromatic N) is 1. The Morgan fingerprint density at radius 3 is 3.06 bits per heavy atom. The molecule has 0 unspecified atom stereocenters. The summed E-state index contributed by atoms with van der Waals surface area (Å²) in [5.74, 6) is -0.00284. The quantitative estimate of drug-likeness (QED) is 0.742. The molecule has 0 saturated carbocycles. The maximum absolute atomic E-state index is 11.8. The molecule has 100 valence electrons. The third-order valence-corrected chi connectivity index (χ3v) is 2.60. The first-order valence-electron chi connectivity index (χ1n) is 5.92. The van der Waals surface area contributed by atoms with Crippen LogP contribution in [0.25, 0.3) is 0 Å². The van der Waals surface area contributed by atoms with Gasteiger partial charge in [-0.2, -0.15) is 0 Å². The first-order valence-corrected chi connectivity index (χ1v) is 6.30. The van der Waals surface area contributed by atoms with Crippen molar-refractivity contribution >= 4 is 23.3 Å². The number of pyridine rings is 1. The van der Waals surface area contributed by atoms with Crippen molar-refractivity contribution in [2.75, 3.05) is 25.5 Å². The maximum Gasteiger partial charge on any atom is 0.253 e. The Hall–Kier alpha value is -1.33. The van der Waals surface area contributed by atoms with E-state index in [0.717, 1.165) is 19.4 Å². The lowest BCUT2D eigenvalue weighted by molar-refractivity contribution is 0.0913. The number of hydrogen-bond acceptors (Lipinski definition) is 4. The molecule has 5 nitrogen and oxygen atoms in total. The normalized spacial score (nSPS) is 10.3. The van der Waals surface area contributed by atoms with Crippen molar-refractivity contribution < 1.29 is 9.53 Å². The second kappa shape index (κ2) is 7.89. The lowest BCUT2D eigenvalue weighted by Crippen LogP contribution is -2.27. The van der Waals surface area contributed by atoms with Crippen LogP contribution in [0.15, 0.2) is 12.3 Å². The minimum absolute atomic E-state index is 0.267. The van der Waals surface area contributed by atoms with Gasteiger partial charge < -0.3 is 15.8 Å². The van der Waals surface area contributed by atoms with Gasteiger partial charge in [0.2, 0.25) is 0 Å². The molecule has 0 radical (unpaired) electrons. The van der Waals surface area contributed by atoms with Crippen LogP contribution in [0.3, 0.4) is 0 Å². The van der Waals surface area contributed by atoms with Gasteiger partial charge in [-0.25, -0.2) is 4.98 Å². The monoisotopic (exact) mass is 271 g/mol. The first-order chi connectivity index (χ1) is 8.65. The SMILES string of the molecule is CCCCOCCNC(=O)c1cc(N)ncc1Cl. The molecule has 0 atom stereocenters. The second-order valence-corrected chi connectivity index (χ2v) is 4.22. The molecule has 0 spiro atoms. The molecular formula is C12H18ClN3O2. The van der Waals surface area contributed by atoms with E-state index < -0.39 is 0 Å². The Bertz CT molecular complexity index is 399. The molecule has 18 heavy (non-hydrogen) atoms. The van der Waals surface area contributed by atoms with E-state index in [9.17, 15) is 4.79 Å². The van der Waals surface area contributed by atoms with E-state index in [2.05, 4.69) is 17.2 Å². The summed E-state index contributed by atoms with van der Waals surface area (Å²) in [6.45, 7) is 3.75. The number of rotatable bonds is 7. The zero-order valence-electron chi connectivity index (χ0n) is 10.4. The minimum atomic E-state index is -0.270. The number of amides is 1. The van der Waals surface area contributed by atoms with Gasteiger partial charge in [0, 0.05) is 19.3 Å². The lowest BCUT2D eigenvalue weighted by Gasteiger charge is -2.07. The van der Waals surface area contributed by atoms with Crippen molar-refractivity contribution in [2.24, 2.45) is 0 Å². The van der Waals surface area contributed by atoms with Crippen LogP contribution >= 0.6 is 11.6 Å². The lowest BCUT2D eigenvalue weighted by atomic mass is 10.2. The van der Waals surface area contributed by atoms with Crippen LogP contribution < -0.4 is 11.1 Å². The van der Waals surface area contributed by atoms with Gasteiger partial charge in [0.05, 0.1) is 17.2 Å². The van der Waals surface area contributed by atoms with Crippen molar-refractivity contribution in [1.29, 1.82) is 0 Å². The van der Waals surface area contributed by atoms with E-state index in [1.54, 1.807) is 0 Å². The topological polar surface area (TPSA) is 77.2 Å². The second-order valence-electron chi connectivity index (χ2n) is 3.81. The van der Waals surface area contributed by atoms with Gasteiger partial charge in [-0.3, -0.25) is 4.79 Å². The van der Waals surface area contributed by atoms with Crippen LogP contribution in [0.1, 0.15) is 30.1 Å². The van der Waals surface area contributed by atoms with Crippen molar-refractivity contribution in [3.8, 4) is 0 Å². The van der Waals surface area contributed by atoms with E-state index in [0.29, 0.717) is 18.7 Å². The predicted molar refractivity (Wildman–Crippen MR) is 71.7 cm³/mol. The van der Waals surface area contributed by atoms with E-state index in [1.165, 1.54) is 12.3 Å². The number of nitrogens with one attached hydrogen (secondary N) is 1. The Balaban J connectivity index is 2.34. The number of aromatic nitrogens is 1. The van der Waals surface area contributed by atoms with Gasteiger partial charge in [0.1, 0.15) is 5.82 Å².